The first-order valence-corrected chi connectivity index (χ1v) is 7.07. The highest BCUT2D eigenvalue weighted by Crippen LogP contribution is 2.33. The molecule has 1 aromatic carbocycles. The number of hydrogen-bond acceptors (Lipinski definition) is 1. The van der Waals surface area contributed by atoms with Crippen molar-refractivity contribution in [1.29, 1.82) is 0 Å². The summed E-state index contributed by atoms with van der Waals surface area (Å²) in [6.45, 7) is 1.97. The largest absolute Gasteiger partial charge is 0.313 e. The predicted molar refractivity (Wildman–Crippen MR) is 72.8 cm³/mol. The van der Waals surface area contributed by atoms with E-state index in [2.05, 4.69) is 27.3 Å². The van der Waals surface area contributed by atoms with Gasteiger partial charge in [0.25, 0.3) is 0 Å². The van der Waals surface area contributed by atoms with Crippen LogP contribution in [0.5, 0.6) is 0 Å². The second kappa shape index (κ2) is 6.04. The summed E-state index contributed by atoms with van der Waals surface area (Å²) in [5.41, 5.74) is 1.18. The maximum absolute atomic E-state index is 6.13. The molecule has 1 aliphatic carbocycles. The number of rotatable bonds is 6. The molecule has 1 fully saturated rings. The normalized spacial score (nSPS) is 15.4. The molecule has 0 unspecified atom stereocenters. The van der Waals surface area contributed by atoms with E-state index in [-0.39, 0.29) is 0 Å². The third-order valence-corrected chi connectivity index (χ3v) is 3.84. The minimum Gasteiger partial charge on any atom is -0.313 e. The zero-order valence-electron chi connectivity index (χ0n) is 9.31. The van der Waals surface area contributed by atoms with E-state index in [1.54, 1.807) is 0 Å². The first-order chi connectivity index (χ1) is 7.75. The summed E-state index contributed by atoms with van der Waals surface area (Å²) in [5, 5.41) is 4.28. The van der Waals surface area contributed by atoms with Gasteiger partial charge in [-0.3, -0.25) is 0 Å². The molecule has 0 atom stereocenters. The Kier molecular flexibility index (Phi) is 4.68. The third kappa shape index (κ3) is 4.08. The smallest absolute Gasteiger partial charge is 0.0462 e. The highest BCUT2D eigenvalue weighted by molar-refractivity contribution is 9.10. The van der Waals surface area contributed by atoms with Gasteiger partial charge >= 0.3 is 0 Å². The van der Waals surface area contributed by atoms with Gasteiger partial charge in [0.15, 0.2) is 0 Å². The van der Waals surface area contributed by atoms with Crippen LogP contribution in [0.25, 0.3) is 0 Å². The van der Waals surface area contributed by atoms with E-state index in [0.29, 0.717) is 0 Å². The Balaban J connectivity index is 1.67. The maximum atomic E-state index is 6.13. The summed E-state index contributed by atoms with van der Waals surface area (Å²) in [4.78, 5) is 0. The SMILES string of the molecule is Clc1cc(Br)ccc1CNCCCC1CC1. The highest BCUT2D eigenvalue weighted by Gasteiger charge is 2.19. The van der Waals surface area contributed by atoms with Gasteiger partial charge in [0.1, 0.15) is 0 Å². The second-order valence-corrected chi connectivity index (χ2v) is 5.82. The molecule has 2 rings (SSSR count). The van der Waals surface area contributed by atoms with Gasteiger partial charge in [0.2, 0.25) is 0 Å². The monoisotopic (exact) mass is 301 g/mol. The topological polar surface area (TPSA) is 12.0 Å². The molecule has 0 spiro atoms. The zero-order valence-corrected chi connectivity index (χ0v) is 11.6. The Labute approximate surface area is 111 Å². The fourth-order valence-electron chi connectivity index (χ4n) is 1.81. The van der Waals surface area contributed by atoms with E-state index < -0.39 is 0 Å². The molecule has 1 N–H and O–H groups in total. The molecule has 0 amide bonds. The Morgan fingerprint density at radius 1 is 1.38 bits per heavy atom. The van der Waals surface area contributed by atoms with Crippen LogP contribution in [-0.4, -0.2) is 6.54 Å². The molecule has 0 radical (unpaired) electrons. The summed E-state index contributed by atoms with van der Waals surface area (Å²) >= 11 is 9.54. The molecule has 1 nitrogen and oxygen atoms in total. The lowest BCUT2D eigenvalue weighted by Crippen LogP contribution is -2.15. The Bertz CT molecular complexity index is 350. The van der Waals surface area contributed by atoms with Gasteiger partial charge in [-0.05, 0) is 43.0 Å². The van der Waals surface area contributed by atoms with Crippen LogP contribution in [0.15, 0.2) is 22.7 Å². The van der Waals surface area contributed by atoms with E-state index in [9.17, 15) is 0 Å². The van der Waals surface area contributed by atoms with Crippen LogP contribution in [0.1, 0.15) is 31.2 Å². The number of halogens is 2. The lowest BCUT2D eigenvalue weighted by atomic mass is 10.2. The van der Waals surface area contributed by atoms with Crippen LogP contribution in [0.2, 0.25) is 5.02 Å². The van der Waals surface area contributed by atoms with Crippen molar-refractivity contribution in [3.8, 4) is 0 Å². The average Bonchev–Trinajstić information content (AvgIpc) is 3.04. The first kappa shape index (κ1) is 12.4. The van der Waals surface area contributed by atoms with Crippen molar-refractivity contribution in [2.75, 3.05) is 6.54 Å². The fourth-order valence-corrected chi connectivity index (χ4v) is 2.55. The molecular formula is C13H17BrClN. The summed E-state index contributed by atoms with van der Waals surface area (Å²) in [6.07, 6.45) is 5.59. The van der Waals surface area contributed by atoms with Gasteiger partial charge in [-0.15, -0.1) is 0 Å². The van der Waals surface area contributed by atoms with Crippen molar-refractivity contribution in [2.24, 2.45) is 5.92 Å². The Morgan fingerprint density at radius 2 is 2.19 bits per heavy atom. The van der Waals surface area contributed by atoms with Gasteiger partial charge < -0.3 is 5.32 Å². The van der Waals surface area contributed by atoms with Crippen LogP contribution in [0.4, 0.5) is 0 Å². The second-order valence-electron chi connectivity index (χ2n) is 4.50. The number of nitrogens with one attached hydrogen (secondary N) is 1. The molecule has 1 saturated carbocycles. The van der Waals surface area contributed by atoms with E-state index >= 15 is 0 Å². The summed E-state index contributed by atoms with van der Waals surface area (Å²) < 4.78 is 1.04. The first-order valence-electron chi connectivity index (χ1n) is 5.90. The van der Waals surface area contributed by atoms with Crippen molar-refractivity contribution in [3.05, 3.63) is 33.3 Å². The zero-order chi connectivity index (χ0) is 11.4. The highest BCUT2D eigenvalue weighted by atomic mass is 79.9. The number of hydrogen-bond donors (Lipinski definition) is 1. The molecule has 88 valence electrons. The van der Waals surface area contributed by atoms with Crippen molar-refractivity contribution in [1.82, 2.24) is 5.32 Å². The average molecular weight is 303 g/mol. The van der Waals surface area contributed by atoms with Crippen molar-refractivity contribution < 1.29 is 0 Å². The standard InChI is InChI=1S/C13H17BrClN/c14-12-6-5-11(13(15)8-12)9-16-7-1-2-10-3-4-10/h5-6,8,10,16H,1-4,7,9H2. The van der Waals surface area contributed by atoms with Crippen molar-refractivity contribution in [3.63, 3.8) is 0 Å². The minimum atomic E-state index is 0.837. The molecule has 1 aromatic rings. The molecule has 0 bridgehead atoms. The lowest BCUT2D eigenvalue weighted by molar-refractivity contribution is 0.594. The van der Waals surface area contributed by atoms with Gasteiger partial charge in [0.05, 0.1) is 0 Å². The maximum Gasteiger partial charge on any atom is 0.0462 e. The van der Waals surface area contributed by atoms with E-state index in [4.69, 9.17) is 11.6 Å². The summed E-state index contributed by atoms with van der Waals surface area (Å²) in [6, 6.07) is 6.05. The molecule has 1 aliphatic rings. The van der Waals surface area contributed by atoms with E-state index in [1.807, 2.05) is 12.1 Å². The van der Waals surface area contributed by atoms with E-state index in [0.717, 1.165) is 28.5 Å². The molecule has 0 aromatic heterocycles. The molecule has 16 heavy (non-hydrogen) atoms. The van der Waals surface area contributed by atoms with Gasteiger partial charge in [0, 0.05) is 16.0 Å². The van der Waals surface area contributed by atoms with Gasteiger partial charge in [-0.1, -0.05) is 46.4 Å². The fraction of sp³-hybridized carbons (Fsp3) is 0.538. The van der Waals surface area contributed by atoms with Crippen LogP contribution in [0.3, 0.4) is 0 Å². The molecule has 0 saturated heterocycles. The predicted octanol–water partition coefficient (Wildman–Crippen LogP) is 4.38. The summed E-state index contributed by atoms with van der Waals surface area (Å²) in [5.74, 6) is 1.04. The molecule has 0 heterocycles. The van der Waals surface area contributed by atoms with E-state index in [1.165, 1.54) is 31.2 Å². The lowest BCUT2D eigenvalue weighted by Gasteiger charge is -2.06. The Morgan fingerprint density at radius 3 is 2.88 bits per heavy atom. The van der Waals surface area contributed by atoms with Gasteiger partial charge in [-0.25, -0.2) is 0 Å². The molecule has 3 heteroatoms. The van der Waals surface area contributed by atoms with Crippen LogP contribution in [0, 0.1) is 5.92 Å². The quantitative estimate of drug-likeness (QED) is 0.769. The van der Waals surface area contributed by atoms with Crippen LogP contribution in [-0.2, 0) is 6.54 Å². The number of benzene rings is 1. The van der Waals surface area contributed by atoms with Crippen molar-refractivity contribution >= 4 is 27.5 Å². The summed E-state index contributed by atoms with van der Waals surface area (Å²) in [7, 11) is 0. The molecular weight excluding hydrogens is 286 g/mol. The van der Waals surface area contributed by atoms with Crippen LogP contribution >= 0.6 is 27.5 Å². The van der Waals surface area contributed by atoms with Crippen LogP contribution < -0.4 is 5.32 Å². The Hall–Kier alpha value is -0.0500. The van der Waals surface area contributed by atoms with Gasteiger partial charge in [-0.2, -0.15) is 0 Å². The van der Waals surface area contributed by atoms with Crippen molar-refractivity contribution in [2.45, 2.75) is 32.2 Å². The third-order valence-electron chi connectivity index (χ3n) is 2.99. The molecule has 0 aliphatic heterocycles. The minimum absolute atomic E-state index is 0.837.